The molecule has 202 valence electrons. The third-order valence-corrected chi connectivity index (χ3v) is 8.30. The Balaban J connectivity index is 1.57. The minimum absolute atomic E-state index is 0.0687. The van der Waals surface area contributed by atoms with Crippen LogP contribution in [-0.4, -0.2) is 38.8 Å². The molecule has 0 aliphatic rings. The first-order valence-corrected chi connectivity index (χ1v) is 13.9. The van der Waals surface area contributed by atoms with Gasteiger partial charge in [-0.2, -0.15) is 5.10 Å². The second kappa shape index (κ2) is 11.8. The molecule has 0 spiro atoms. The standard InChI is InChI=1S/C29H29ClN4O4S/c1-20-12-14-26(15-13-20)39(36,37)33(24-8-7-9-25(17-24)38-4)19-29(35)32-31-18-23-16-21(2)34(22(23)3)28-11-6-5-10-27(28)30/h5-18H,19H2,1-4H3,(H,32,35)/b31-18-. The minimum atomic E-state index is -4.06. The third-order valence-electron chi connectivity index (χ3n) is 6.19. The van der Waals surface area contributed by atoms with E-state index in [0.717, 1.165) is 32.5 Å². The van der Waals surface area contributed by atoms with Gasteiger partial charge in [-0.25, -0.2) is 13.8 Å². The molecule has 0 fully saturated rings. The molecule has 0 aliphatic carbocycles. The Morgan fingerprint density at radius 3 is 2.44 bits per heavy atom. The number of nitrogens with one attached hydrogen (secondary N) is 1. The number of carbonyl (C=O) groups excluding carboxylic acids is 1. The van der Waals surface area contributed by atoms with Crippen LogP contribution < -0.4 is 14.5 Å². The molecule has 3 aromatic carbocycles. The van der Waals surface area contributed by atoms with Gasteiger partial charge in [0.25, 0.3) is 15.9 Å². The number of hydrogen-bond donors (Lipinski definition) is 1. The summed E-state index contributed by atoms with van der Waals surface area (Å²) in [5, 5.41) is 4.72. The van der Waals surface area contributed by atoms with Gasteiger partial charge < -0.3 is 9.30 Å². The number of amides is 1. The van der Waals surface area contributed by atoms with E-state index < -0.39 is 22.5 Å². The summed E-state index contributed by atoms with van der Waals surface area (Å²) in [7, 11) is -2.57. The van der Waals surface area contributed by atoms with Crippen molar-refractivity contribution in [3.63, 3.8) is 0 Å². The van der Waals surface area contributed by atoms with Crippen molar-refractivity contribution in [2.75, 3.05) is 18.0 Å². The molecule has 4 aromatic rings. The Labute approximate surface area is 233 Å². The van der Waals surface area contributed by atoms with Gasteiger partial charge in [-0.05, 0) is 63.2 Å². The van der Waals surface area contributed by atoms with E-state index in [4.69, 9.17) is 16.3 Å². The van der Waals surface area contributed by atoms with Crippen molar-refractivity contribution in [2.45, 2.75) is 25.7 Å². The van der Waals surface area contributed by atoms with Crippen LogP contribution >= 0.6 is 11.6 Å². The van der Waals surface area contributed by atoms with Crippen molar-refractivity contribution in [3.05, 3.63) is 106 Å². The van der Waals surface area contributed by atoms with E-state index in [9.17, 15) is 13.2 Å². The Bertz CT molecular complexity index is 1630. The van der Waals surface area contributed by atoms with Gasteiger partial charge in [0.2, 0.25) is 0 Å². The number of ether oxygens (including phenoxy) is 1. The predicted molar refractivity (Wildman–Crippen MR) is 155 cm³/mol. The molecule has 0 atom stereocenters. The molecule has 4 rings (SSSR count). The highest BCUT2D eigenvalue weighted by atomic mass is 35.5. The molecule has 1 N–H and O–H groups in total. The van der Waals surface area contributed by atoms with Crippen LogP contribution in [0.2, 0.25) is 5.02 Å². The Hall–Kier alpha value is -4.08. The summed E-state index contributed by atoms with van der Waals surface area (Å²) in [4.78, 5) is 13.0. The number of aromatic nitrogens is 1. The predicted octanol–water partition coefficient (Wildman–Crippen LogP) is 5.41. The maximum absolute atomic E-state index is 13.6. The molecule has 8 nitrogen and oxygen atoms in total. The van der Waals surface area contributed by atoms with Crippen molar-refractivity contribution in [3.8, 4) is 11.4 Å². The second-order valence-corrected chi connectivity index (χ2v) is 11.2. The summed E-state index contributed by atoms with van der Waals surface area (Å²) in [5.74, 6) is -0.145. The SMILES string of the molecule is COc1cccc(N(CC(=O)N/N=C\c2cc(C)n(-c3ccccc3Cl)c2C)S(=O)(=O)c2ccc(C)cc2)c1. The van der Waals surface area contributed by atoms with Gasteiger partial charge in [-0.1, -0.05) is 47.5 Å². The quantitative estimate of drug-likeness (QED) is 0.217. The zero-order valence-electron chi connectivity index (χ0n) is 22.1. The highest BCUT2D eigenvalue weighted by molar-refractivity contribution is 7.92. The summed E-state index contributed by atoms with van der Waals surface area (Å²) in [6, 6.07) is 22.4. The van der Waals surface area contributed by atoms with Gasteiger partial charge >= 0.3 is 0 Å². The maximum Gasteiger partial charge on any atom is 0.264 e. The molecular formula is C29H29ClN4O4S. The van der Waals surface area contributed by atoms with E-state index >= 15 is 0 Å². The molecule has 0 radical (unpaired) electrons. The van der Waals surface area contributed by atoms with E-state index in [1.165, 1.54) is 25.5 Å². The highest BCUT2D eigenvalue weighted by Crippen LogP contribution is 2.28. The highest BCUT2D eigenvalue weighted by Gasteiger charge is 2.27. The van der Waals surface area contributed by atoms with E-state index in [1.807, 2.05) is 55.7 Å². The first-order valence-electron chi connectivity index (χ1n) is 12.1. The fourth-order valence-electron chi connectivity index (χ4n) is 4.18. The lowest BCUT2D eigenvalue weighted by Gasteiger charge is -2.24. The summed E-state index contributed by atoms with van der Waals surface area (Å²) < 4.78 is 35.5. The number of halogens is 1. The molecule has 10 heteroatoms. The summed E-state index contributed by atoms with van der Waals surface area (Å²) in [6.07, 6.45) is 1.53. The van der Waals surface area contributed by atoms with Crippen molar-refractivity contribution in [2.24, 2.45) is 5.10 Å². The molecule has 1 heterocycles. The Morgan fingerprint density at radius 2 is 1.74 bits per heavy atom. The minimum Gasteiger partial charge on any atom is -0.497 e. The van der Waals surface area contributed by atoms with Crippen molar-refractivity contribution < 1.29 is 17.9 Å². The van der Waals surface area contributed by atoms with Gasteiger partial charge in [0.15, 0.2) is 0 Å². The van der Waals surface area contributed by atoms with Crippen LogP contribution in [0.5, 0.6) is 5.75 Å². The van der Waals surface area contributed by atoms with Gasteiger partial charge in [0, 0.05) is 23.0 Å². The second-order valence-electron chi connectivity index (χ2n) is 8.93. The topological polar surface area (TPSA) is 93.0 Å². The number of methoxy groups -OCH3 is 1. The molecule has 0 aliphatic heterocycles. The molecule has 39 heavy (non-hydrogen) atoms. The van der Waals surface area contributed by atoms with E-state index in [1.54, 1.807) is 36.4 Å². The monoisotopic (exact) mass is 564 g/mol. The number of carbonyl (C=O) groups is 1. The van der Waals surface area contributed by atoms with Gasteiger partial charge in [0.05, 0.1) is 34.6 Å². The smallest absolute Gasteiger partial charge is 0.264 e. The lowest BCUT2D eigenvalue weighted by atomic mass is 10.2. The van der Waals surface area contributed by atoms with Crippen molar-refractivity contribution >= 4 is 39.4 Å². The fourth-order valence-corrected chi connectivity index (χ4v) is 5.81. The Kier molecular flexibility index (Phi) is 8.42. The molecular weight excluding hydrogens is 536 g/mol. The lowest BCUT2D eigenvalue weighted by Crippen LogP contribution is -2.39. The van der Waals surface area contributed by atoms with Crippen molar-refractivity contribution in [1.82, 2.24) is 9.99 Å². The number of anilines is 1. The zero-order chi connectivity index (χ0) is 28.2. The summed E-state index contributed by atoms with van der Waals surface area (Å²) >= 11 is 6.39. The maximum atomic E-state index is 13.6. The van der Waals surface area contributed by atoms with Crippen LogP contribution in [-0.2, 0) is 14.8 Å². The van der Waals surface area contributed by atoms with Crippen LogP contribution in [0, 0.1) is 20.8 Å². The Morgan fingerprint density at radius 1 is 1.03 bits per heavy atom. The molecule has 0 saturated heterocycles. The summed E-state index contributed by atoms with van der Waals surface area (Å²) in [6.45, 7) is 5.26. The normalized spacial score (nSPS) is 11.5. The number of rotatable bonds is 9. The molecule has 0 saturated carbocycles. The number of benzene rings is 3. The summed E-state index contributed by atoms with van der Waals surface area (Å²) in [5.41, 5.74) is 7.12. The molecule has 0 unspecified atom stereocenters. The number of sulfonamides is 1. The third kappa shape index (κ3) is 6.16. The van der Waals surface area contributed by atoms with Gasteiger partial charge in [-0.3, -0.25) is 9.10 Å². The van der Waals surface area contributed by atoms with Crippen LogP contribution in [0.15, 0.2) is 88.9 Å². The van der Waals surface area contributed by atoms with Gasteiger partial charge in [0.1, 0.15) is 12.3 Å². The van der Waals surface area contributed by atoms with Gasteiger partial charge in [-0.15, -0.1) is 0 Å². The first-order chi connectivity index (χ1) is 18.6. The van der Waals surface area contributed by atoms with Crippen molar-refractivity contribution in [1.29, 1.82) is 0 Å². The average Bonchev–Trinajstić information content (AvgIpc) is 3.20. The number of para-hydroxylation sites is 1. The average molecular weight is 565 g/mol. The fraction of sp³-hybridized carbons (Fsp3) is 0.172. The zero-order valence-corrected chi connectivity index (χ0v) is 23.6. The number of aryl methyl sites for hydroxylation is 2. The van der Waals surface area contributed by atoms with E-state index in [-0.39, 0.29) is 10.6 Å². The largest absolute Gasteiger partial charge is 0.497 e. The van der Waals surface area contributed by atoms with Crippen LogP contribution in [0.25, 0.3) is 5.69 Å². The number of nitrogens with zero attached hydrogens (tertiary/aromatic N) is 3. The number of hydrogen-bond acceptors (Lipinski definition) is 5. The molecule has 1 amide bonds. The van der Waals surface area contributed by atoms with E-state index in [0.29, 0.717) is 10.8 Å². The van der Waals surface area contributed by atoms with E-state index in [2.05, 4.69) is 10.5 Å². The molecule has 0 bridgehead atoms. The van der Waals surface area contributed by atoms with Crippen LogP contribution in [0.1, 0.15) is 22.5 Å². The van der Waals surface area contributed by atoms with Crippen LogP contribution in [0.4, 0.5) is 5.69 Å². The molecule has 1 aromatic heterocycles. The van der Waals surface area contributed by atoms with Crippen LogP contribution in [0.3, 0.4) is 0 Å². The first kappa shape index (κ1) is 27.9. The number of hydrazone groups is 1. The lowest BCUT2D eigenvalue weighted by molar-refractivity contribution is -0.119.